The first kappa shape index (κ1) is 19.2. The Hall–Kier alpha value is -3.16. The lowest BCUT2D eigenvalue weighted by atomic mass is 10.1. The zero-order valence-corrected chi connectivity index (χ0v) is 17.2. The molecule has 0 radical (unpaired) electrons. The van der Waals surface area contributed by atoms with E-state index in [2.05, 4.69) is 44.7 Å². The summed E-state index contributed by atoms with van der Waals surface area (Å²) in [6, 6.07) is 1.83. The fraction of sp³-hybridized carbons (Fsp3) is 0.429. The van der Waals surface area contributed by atoms with Crippen molar-refractivity contribution in [3.8, 4) is 0 Å². The molecule has 8 heteroatoms. The van der Waals surface area contributed by atoms with Crippen molar-refractivity contribution in [1.82, 2.24) is 24.4 Å². The van der Waals surface area contributed by atoms with E-state index in [0.717, 1.165) is 55.5 Å². The molecule has 1 fully saturated rings. The van der Waals surface area contributed by atoms with Gasteiger partial charge in [0.25, 0.3) is 5.56 Å². The van der Waals surface area contributed by atoms with Crippen molar-refractivity contribution in [3.63, 3.8) is 0 Å². The van der Waals surface area contributed by atoms with Crippen LogP contribution < -0.4 is 15.4 Å². The zero-order chi connectivity index (χ0) is 20.4. The molecule has 4 heterocycles. The summed E-state index contributed by atoms with van der Waals surface area (Å²) in [4.78, 5) is 32.5. The molecule has 2 aliphatic rings. The van der Waals surface area contributed by atoms with Crippen LogP contribution in [0.5, 0.6) is 0 Å². The van der Waals surface area contributed by atoms with Gasteiger partial charge in [-0.25, -0.2) is 15.0 Å². The Kier molecular flexibility index (Phi) is 5.33. The molecule has 2 aromatic heterocycles. The highest BCUT2D eigenvalue weighted by molar-refractivity contribution is 5.72. The number of hydrogen-bond acceptors (Lipinski definition) is 7. The van der Waals surface area contributed by atoms with Gasteiger partial charge in [-0.15, -0.1) is 0 Å². The van der Waals surface area contributed by atoms with Crippen LogP contribution in [0.4, 0.5) is 11.6 Å². The minimum atomic E-state index is -0.0389. The summed E-state index contributed by atoms with van der Waals surface area (Å²) in [7, 11) is 3.85. The number of hydrogen-bond donors (Lipinski definition) is 0. The highest BCUT2D eigenvalue weighted by Crippen LogP contribution is 2.23. The normalized spacial score (nSPS) is 19.9. The summed E-state index contributed by atoms with van der Waals surface area (Å²) in [6.45, 7) is 5.54. The van der Waals surface area contributed by atoms with E-state index in [1.165, 1.54) is 0 Å². The molecule has 0 aliphatic carbocycles. The highest BCUT2D eigenvalue weighted by atomic mass is 16.1. The monoisotopic (exact) mass is 393 g/mol. The Labute approximate surface area is 170 Å². The molecule has 29 heavy (non-hydrogen) atoms. The van der Waals surface area contributed by atoms with Gasteiger partial charge < -0.3 is 14.7 Å². The molecule has 2 aromatic rings. The molecule has 0 N–H and O–H groups in total. The molecular weight excluding hydrogens is 366 g/mol. The summed E-state index contributed by atoms with van der Waals surface area (Å²) in [6.07, 6.45) is 12.4. The second kappa shape index (κ2) is 8.06. The lowest BCUT2D eigenvalue weighted by Gasteiger charge is -2.41. The van der Waals surface area contributed by atoms with Gasteiger partial charge in [-0.2, -0.15) is 0 Å². The highest BCUT2D eigenvalue weighted by Gasteiger charge is 2.27. The van der Waals surface area contributed by atoms with Crippen molar-refractivity contribution in [1.29, 1.82) is 0 Å². The number of piperazine rings is 1. The summed E-state index contributed by atoms with van der Waals surface area (Å²) in [5.74, 6) is 0.718. The third kappa shape index (κ3) is 4.01. The van der Waals surface area contributed by atoms with Crippen LogP contribution in [0.15, 0.2) is 47.9 Å². The predicted octanol–water partition coefficient (Wildman–Crippen LogP) is 1.52. The Bertz CT molecular complexity index is 982. The minimum absolute atomic E-state index is 0.0389. The van der Waals surface area contributed by atoms with Gasteiger partial charge in [0.15, 0.2) is 0 Å². The van der Waals surface area contributed by atoms with Gasteiger partial charge in [0.1, 0.15) is 6.33 Å². The quantitative estimate of drug-likeness (QED) is 0.783. The molecular formula is C21H27N7O. The number of allylic oxidation sites excluding steroid dienone is 2. The molecule has 1 unspecified atom stereocenters. The van der Waals surface area contributed by atoms with Crippen molar-refractivity contribution in [2.45, 2.75) is 19.4 Å². The van der Waals surface area contributed by atoms with E-state index in [1.54, 1.807) is 24.0 Å². The van der Waals surface area contributed by atoms with Crippen LogP contribution >= 0.6 is 0 Å². The Morgan fingerprint density at radius 3 is 2.66 bits per heavy atom. The van der Waals surface area contributed by atoms with Crippen LogP contribution in [0.25, 0.3) is 5.57 Å². The van der Waals surface area contributed by atoms with E-state index in [0.29, 0.717) is 0 Å². The molecule has 0 aromatic carbocycles. The summed E-state index contributed by atoms with van der Waals surface area (Å²) in [5, 5.41) is 0. The number of anilines is 2. The van der Waals surface area contributed by atoms with Crippen molar-refractivity contribution < 1.29 is 0 Å². The molecule has 8 nitrogen and oxygen atoms in total. The van der Waals surface area contributed by atoms with E-state index in [-0.39, 0.29) is 11.6 Å². The molecule has 1 atom stereocenters. The Morgan fingerprint density at radius 1 is 1.10 bits per heavy atom. The average Bonchev–Trinajstić information content (AvgIpc) is 2.95. The van der Waals surface area contributed by atoms with E-state index >= 15 is 0 Å². The van der Waals surface area contributed by atoms with Crippen molar-refractivity contribution in [2.24, 2.45) is 7.05 Å². The second-order valence-corrected chi connectivity index (χ2v) is 7.67. The first-order valence-electron chi connectivity index (χ1n) is 9.96. The topological polar surface area (TPSA) is 70.4 Å². The van der Waals surface area contributed by atoms with Crippen LogP contribution in [-0.2, 0) is 7.05 Å². The van der Waals surface area contributed by atoms with Crippen LogP contribution in [0.2, 0.25) is 0 Å². The molecule has 1 saturated heterocycles. The smallest absolute Gasteiger partial charge is 0.255 e. The number of nitrogens with zero attached hydrogens (tertiary/aromatic N) is 7. The largest absolute Gasteiger partial charge is 0.380 e. The maximum absolute atomic E-state index is 12.7. The van der Waals surface area contributed by atoms with Crippen LogP contribution in [-0.4, -0.2) is 63.7 Å². The second-order valence-electron chi connectivity index (χ2n) is 7.67. The van der Waals surface area contributed by atoms with Crippen LogP contribution in [0.1, 0.15) is 19.0 Å². The van der Waals surface area contributed by atoms with E-state index < -0.39 is 0 Å². The predicted molar refractivity (Wildman–Crippen MR) is 115 cm³/mol. The molecule has 4 rings (SSSR count). The SMILES string of the molecule is CC1CN(c2cncnc2)CCN1c1nc(C2=CCCN(C)C=C2)cc(=O)n1C. The Balaban J connectivity index is 1.62. The number of aromatic nitrogens is 4. The Morgan fingerprint density at radius 2 is 1.90 bits per heavy atom. The van der Waals surface area contributed by atoms with E-state index in [9.17, 15) is 4.79 Å². The molecule has 0 spiro atoms. The summed E-state index contributed by atoms with van der Waals surface area (Å²) in [5.41, 5.74) is 2.72. The summed E-state index contributed by atoms with van der Waals surface area (Å²) >= 11 is 0. The standard InChI is InChI=1S/C21H27N7O/c1-16-14-27(18-12-22-15-23-13-18)9-10-28(16)21-24-19(11-20(29)26(21)3)17-5-4-7-25(2)8-6-17/h5-6,8,11-13,15-16H,4,7,9-10,14H2,1-3H3. The zero-order valence-electron chi connectivity index (χ0n) is 17.2. The van der Waals surface area contributed by atoms with Gasteiger partial charge in [-0.05, 0) is 31.2 Å². The van der Waals surface area contributed by atoms with E-state index in [4.69, 9.17) is 4.98 Å². The lowest BCUT2D eigenvalue weighted by molar-refractivity contribution is 0.468. The average molecular weight is 393 g/mol. The van der Waals surface area contributed by atoms with Gasteiger partial charge in [-0.1, -0.05) is 6.08 Å². The van der Waals surface area contributed by atoms with Gasteiger partial charge in [-0.3, -0.25) is 9.36 Å². The summed E-state index contributed by atoms with van der Waals surface area (Å²) < 4.78 is 1.65. The maximum atomic E-state index is 12.7. The molecule has 0 saturated carbocycles. The van der Waals surface area contributed by atoms with Crippen molar-refractivity contribution >= 4 is 17.2 Å². The van der Waals surface area contributed by atoms with Crippen molar-refractivity contribution in [2.75, 3.05) is 43.0 Å². The lowest BCUT2D eigenvalue weighted by Crippen LogP contribution is -2.53. The van der Waals surface area contributed by atoms with Crippen LogP contribution in [0, 0.1) is 0 Å². The first-order chi connectivity index (χ1) is 14.0. The third-order valence-corrected chi connectivity index (χ3v) is 5.56. The van der Waals surface area contributed by atoms with E-state index in [1.807, 2.05) is 24.7 Å². The molecule has 0 bridgehead atoms. The molecule has 0 amide bonds. The third-order valence-electron chi connectivity index (χ3n) is 5.56. The minimum Gasteiger partial charge on any atom is -0.380 e. The van der Waals surface area contributed by atoms with Gasteiger partial charge in [0, 0.05) is 52.4 Å². The van der Waals surface area contributed by atoms with Gasteiger partial charge >= 0.3 is 0 Å². The van der Waals surface area contributed by atoms with Crippen molar-refractivity contribution in [3.05, 3.63) is 59.2 Å². The number of rotatable bonds is 3. The molecule has 2 aliphatic heterocycles. The van der Waals surface area contributed by atoms with Gasteiger partial charge in [0.05, 0.1) is 23.8 Å². The fourth-order valence-electron chi connectivity index (χ4n) is 3.84. The first-order valence-corrected chi connectivity index (χ1v) is 9.96. The fourth-order valence-corrected chi connectivity index (χ4v) is 3.84. The van der Waals surface area contributed by atoms with Gasteiger partial charge in [0.2, 0.25) is 5.95 Å². The van der Waals surface area contributed by atoms with Crippen LogP contribution in [0.3, 0.4) is 0 Å². The molecule has 152 valence electrons. The maximum Gasteiger partial charge on any atom is 0.255 e.